The Bertz CT molecular complexity index is 861. The quantitative estimate of drug-likeness (QED) is 0.772. The molecule has 2 heterocycles. The van der Waals surface area contributed by atoms with E-state index in [4.69, 9.17) is 9.97 Å². The third kappa shape index (κ3) is 3.32. The van der Waals surface area contributed by atoms with Crippen LogP contribution >= 0.6 is 0 Å². The number of hydrogen-bond donors (Lipinski definition) is 2. The SMILES string of the molecule is Oc1ccccc1-c1cc(-c2ccccc2)nc(N2CCNCC2)n1. The summed E-state index contributed by atoms with van der Waals surface area (Å²) in [6, 6.07) is 19.3. The largest absolute Gasteiger partial charge is 0.507 e. The van der Waals surface area contributed by atoms with Crippen molar-refractivity contribution in [3.63, 3.8) is 0 Å². The summed E-state index contributed by atoms with van der Waals surface area (Å²) in [5.74, 6) is 0.938. The van der Waals surface area contributed by atoms with Crippen molar-refractivity contribution in [2.45, 2.75) is 0 Å². The Morgan fingerprint density at radius 3 is 2.28 bits per heavy atom. The Balaban J connectivity index is 1.84. The van der Waals surface area contributed by atoms with Gasteiger partial charge in [0.1, 0.15) is 5.75 Å². The molecule has 0 amide bonds. The van der Waals surface area contributed by atoms with Crippen LogP contribution in [0.25, 0.3) is 22.5 Å². The molecule has 2 aromatic carbocycles. The minimum absolute atomic E-state index is 0.228. The monoisotopic (exact) mass is 332 g/mol. The normalized spacial score (nSPS) is 14.5. The van der Waals surface area contributed by atoms with Gasteiger partial charge in [0.25, 0.3) is 0 Å². The van der Waals surface area contributed by atoms with Crippen LogP contribution in [0, 0.1) is 0 Å². The van der Waals surface area contributed by atoms with Gasteiger partial charge in [-0.1, -0.05) is 42.5 Å². The number of benzene rings is 2. The average Bonchev–Trinajstić information content (AvgIpc) is 2.69. The first-order valence-electron chi connectivity index (χ1n) is 8.50. The number of nitrogens with one attached hydrogen (secondary N) is 1. The van der Waals surface area contributed by atoms with Gasteiger partial charge in [-0.3, -0.25) is 0 Å². The fourth-order valence-electron chi connectivity index (χ4n) is 3.03. The predicted octanol–water partition coefficient (Wildman–Crippen LogP) is 2.93. The van der Waals surface area contributed by atoms with Crippen LogP contribution in [0.5, 0.6) is 5.75 Å². The number of phenols is 1. The summed E-state index contributed by atoms with van der Waals surface area (Å²) in [4.78, 5) is 11.7. The lowest BCUT2D eigenvalue weighted by molar-refractivity contribution is 0.477. The molecule has 126 valence electrons. The highest BCUT2D eigenvalue weighted by Gasteiger charge is 2.17. The first-order chi connectivity index (χ1) is 12.3. The molecule has 0 saturated carbocycles. The molecule has 1 aliphatic heterocycles. The number of piperazine rings is 1. The van der Waals surface area contributed by atoms with E-state index in [1.165, 1.54) is 0 Å². The van der Waals surface area contributed by atoms with Crippen molar-refractivity contribution >= 4 is 5.95 Å². The number of anilines is 1. The van der Waals surface area contributed by atoms with E-state index in [0.717, 1.165) is 48.7 Å². The molecule has 0 bridgehead atoms. The van der Waals surface area contributed by atoms with Crippen LogP contribution in [0.15, 0.2) is 60.7 Å². The maximum Gasteiger partial charge on any atom is 0.226 e. The molecule has 0 aliphatic carbocycles. The van der Waals surface area contributed by atoms with Crippen LogP contribution in [0.1, 0.15) is 0 Å². The fraction of sp³-hybridized carbons (Fsp3) is 0.200. The van der Waals surface area contributed by atoms with Crippen molar-refractivity contribution in [3.8, 4) is 28.3 Å². The molecule has 2 N–H and O–H groups in total. The molecule has 1 fully saturated rings. The van der Waals surface area contributed by atoms with Crippen LogP contribution in [-0.4, -0.2) is 41.3 Å². The van der Waals surface area contributed by atoms with Crippen LogP contribution in [0.3, 0.4) is 0 Å². The van der Waals surface area contributed by atoms with Gasteiger partial charge < -0.3 is 15.3 Å². The van der Waals surface area contributed by atoms with Gasteiger partial charge >= 0.3 is 0 Å². The molecule has 1 aliphatic rings. The van der Waals surface area contributed by atoms with Gasteiger partial charge in [-0.15, -0.1) is 0 Å². The summed E-state index contributed by atoms with van der Waals surface area (Å²) in [7, 11) is 0. The van der Waals surface area contributed by atoms with E-state index in [9.17, 15) is 5.11 Å². The van der Waals surface area contributed by atoms with E-state index in [0.29, 0.717) is 5.95 Å². The number of phenolic OH excluding ortho intramolecular Hbond substituents is 1. The second-order valence-corrected chi connectivity index (χ2v) is 6.06. The summed E-state index contributed by atoms with van der Waals surface area (Å²) in [5, 5.41) is 13.6. The van der Waals surface area contributed by atoms with Crippen molar-refractivity contribution in [1.82, 2.24) is 15.3 Å². The highest BCUT2D eigenvalue weighted by atomic mass is 16.3. The molecule has 4 rings (SSSR count). The Kier molecular flexibility index (Phi) is 4.31. The Hall–Kier alpha value is -2.92. The van der Waals surface area contributed by atoms with E-state index in [1.54, 1.807) is 6.07 Å². The first-order valence-corrected chi connectivity index (χ1v) is 8.50. The molecule has 0 spiro atoms. The number of aromatic nitrogens is 2. The standard InChI is InChI=1S/C20H20N4O/c25-19-9-5-4-8-16(19)18-14-17(15-6-2-1-3-7-15)22-20(23-18)24-12-10-21-11-13-24/h1-9,14,21,25H,10-13H2. The highest BCUT2D eigenvalue weighted by molar-refractivity contribution is 5.73. The molecule has 1 saturated heterocycles. The molecule has 5 heteroatoms. The second-order valence-electron chi connectivity index (χ2n) is 6.06. The highest BCUT2D eigenvalue weighted by Crippen LogP contribution is 2.31. The molecular formula is C20H20N4O. The Labute approximate surface area is 147 Å². The lowest BCUT2D eigenvalue weighted by Crippen LogP contribution is -2.44. The minimum Gasteiger partial charge on any atom is -0.507 e. The average molecular weight is 332 g/mol. The maximum atomic E-state index is 10.2. The minimum atomic E-state index is 0.228. The van der Waals surface area contributed by atoms with Gasteiger partial charge in [0.15, 0.2) is 0 Å². The second kappa shape index (κ2) is 6.91. The molecular weight excluding hydrogens is 312 g/mol. The van der Waals surface area contributed by atoms with Crippen LogP contribution < -0.4 is 10.2 Å². The van der Waals surface area contributed by atoms with E-state index in [1.807, 2.05) is 54.6 Å². The van der Waals surface area contributed by atoms with Gasteiger partial charge in [0.05, 0.1) is 11.4 Å². The fourth-order valence-corrected chi connectivity index (χ4v) is 3.03. The van der Waals surface area contributed by atoms with Crippen LogP contribution in [0.2, 0.25) is 0 Å². The zero-order chi connectivity index (χ0) is 17.1. The van der Waals surface area contributed by atoms with Crippen molar-refractivity contribution in [2.24, 2.45) is 0 Å². The van der Waals surface area contributed by atoms with Gasteiger partial charge in [-0.05, 0) is 18.2 Å². The molecule has 25 heavy (non-hydrogen) atoms. The van der Waals surface area contributed by atoms with E-state index >= 15 is 0 Å². The summed E-state index contributed by atoms with van der Waals surface area (Å²) in [6.07, 6.45) is 0. The molecule has 3 aromatic rings. The van der Waals surface area contributed by atoms with Gasteiger partial charge in [-0.25, -0.2) is 9.97 Å². The molecule has 0 radical (unpaired) electrons. The number of nitrogens with zero attached hydrogens (tertiary/aromatic N) is 3. The number of rotatable bonds is 3. The molecule has 0 unspecified atom stereocenters. The van der Waals surface area contributed by atoms with Crippen molar-refractivity contribution in [3.05, 3.63) is 60.7 Å². The molecule has 5 nitrogen and oxygen atoms in total. The topological polar surface area (TPSA) is 61.3 Å². The van der Waals surface area contributed by atoms with Crippen LogP contribution in [0.4, 0.5) is 5.95 Å². The molecule has 0 atom stereocenters. The third-order valence-electron chi connectivity index (χ3n) is 4.36. The zero-order valence-corrected chi connectivity index (χ0v) is 13.9. The molecule has 1 aromatic heterocycles. The summed E-state index contributed by atoms with van der Waals surface area (Å²) < 4.78 is 0. The lowest BCUT2D eigenvalue weighted by Gasteiger charge is -2.28. The van der Waals surface area contributed by atoms with Gasteiger partial charge in [-0.2, -0.15) is 0 Å². The first kappa shape index (κ1) is 15.6. The van der Waals surface area contributed by atoms with Crippen LogP contribution in [-0.2, 0) is 0 Å². The lowest BCUT2D eigenvalue weighted by atomic mass is 10.1. The van der Waals surface area contributed by atoms with E-state index < -0.39 is 0 Å². The Morgan fingerprint density at radius 2 is 1.52 bits per heavy atom. The van der Waals surface area contributed by atoms with Crippen molar-refractivity contribution in [1.29, 1.82) is 0 Å². The number of para-hydroxylation sites is 1. The zero-order valence-electron chi connectivity index (χ0n) is 13.9. The van der Waals surface area contributed by atoms with Crippen molar-refractivity contribution in [2.75, 3.05) is 31.1 Å². The maximum absolute atomic E-state index is 10.2. The van der Waals surface area contributed by atoms with Gasteiger partial charge in [0, 0.05) is 37.3 Å². The Morgan fingerprint density at radius 1 is 0.840 bits per heavy atom. The summed E-state index contributed by atoms with van der Waals surface area (Å²) >= 11 is 0. The summed E-state index contributed by atoms with van der Waals surface area (Å²) in [5.41, 5.74) is 3.36. The third-order valence-corrected chi connectivity index (χ3v) is 4.36. The number of hydrogen-bond acceptors (Lipinski definition) is 5. The number of aromatic hydroxyl groups is 1. The smallest absolute Gasteiger partial charge is 0.226 e. The van der Waals surface area contributed by atoms with Gasteiger partial charge in [0.2, 0.25) is 5.95 Å². The summed E-state index contributed by atoms with van der Waals surface area (Å²) in [6.45, 7) is 3.59. The van der Waals surface area contributed by atoms with E-state index in [-0.39, 0.29) is 5.75 Å². The van der Waals surface area contributed by atoms with Crippen molar-refractivity contribution < 1.29 is 5.11 Å². The van der Waals surface area contributed by atoms with E-state index in [2.05, 4.69) is 10.2 Å². The predicted molar refractivity (Wildman–Crippen MR) is 99.7 cm³/mol.